The molecule has 1 heterocycles. The minimum Gasteiger partial charge on any atom is -0.486 e. The van der Waals surface area contributed by atoms with E-state index in [2.05, 4.69) is 21.2 Å². The van der Waals surface area contributed by atoms with Crippen molar-refractivity contribution in [3.05, 3.63) is 22.2 Å². The van der Waals surface area contributed by atoms with Crippen molar-refractivity contribution in [1.29, 1.82) is 0 Å². The Morgan fingerprint density at radius 3 is 2.61 bits per heavy atom. The highest BCUT2D eigenvalue weighted by molar-refractivity contribution is 9.10. The van der Waals surface area contributed by atoms with E-state index in [1.807, 2.05) is 13.8 Å². The Balaban J connectivity index is 2.26. The molecule has 0 saturated carbocycles. The second kappa shape index (κ2) is 6.78. The van der Waals surface area contributed by atoms with Crippen molar-refractivity contribution in [2.75, 3.05) is 13.2 Å². The van der Waals surface area contributed by atoms with Gasteiger partial charge in [0.05, 0.1) is 16.4 Å². The average Bonchev–Trinajstić information content (AvgIpc) is 2.46. The fourth-order valence-electron chi connectivity index (χ4n) is 2.28. The van der Waals surface area contributed by atoms with Crippen molar-refractivity contribution in [3.8, 4) is 11.5 Å². The quantitative estimate of drug-likeness (QED) is 0.813. The number of fused-ring (bicyclic) bond motifs is 1. The Morgan fingerprint density at radius 1 is 1.35 bits per heavy atom. The van der Waals surface area contributed by atoms with E-state index >= 15 is 0 Å². The van der Waals surface area contributed by atoms with Crippen LogP contribution >= 0.6 is 15.9 Å². The monoisotopic (exact) mass is 385 g/mol. The van der Waals surface area contributed by atoms with E-state index in [4.69, 9.17) is 14.6 Å². The van der Waals surface area contributed by atoms with Gasteiger partial charge in [-0.15, -0.1) is 0 Å². The van der Waals surface area contributed by atoms with Gasteiger partial charge in [0.25, 0.3) is 5.91 Å². The molecule has 1 aliphatic heterocycles. The maximum atomic E-state index is 12.6. The largest absolute Gasteiger partial charge is 0.486 e. The molecule has 0 aromatic heterocycles. The molecule has 1 aromatic carbocycles. The maximum absolute atomic E-state index is 12.6. The number of carboxylic acids is 1. The molecule has 0 saturated heterocycles. The molecule has 7 heteroatoms. The Kier molecular flexibility index (Phi) is 5.19. The molecule has 1 aromatic rings. The van der Waals surface area contributed by atoms with Gasteiger partial charge in [-0.1, -0.05) is 13.8 Å². The predicted molar refractivity (Wildman–Crippen MR) is 88.1 cm³/mol. The second-order valence-electron chi connectivity index (χ2n) is 6.08. The molecule has 0 bridgehead atoms. The van der Waals surface area contributed by atoms with Crippen LogP contribution in [-0.2, 0) is 4.79 Å². The van der Waals surface area contributed by atoms with E-state index in [0.717, 1.165) is 0 Å². The van der Waals surface area contributed by atoms with Gasteiger partial charge in [-0.05, 0) is 40.9 Å². The van der Waals surface area contributed by atoms with Crippen molar-refractivity contribution in [2.45, 2.75) is 32.7 Å². The first-order valence-electron chi connectivity index (χ1n) is 7.36. The lowest BCUT2D eigenvalue weighted by atomic mass is 9.85. The zero-order valence-corrected chi connectivity index (χ0v) is 14.9. The SMILES string of the molecule is CC(C)C(C)(CC(=O)O)NC(=O)c1cc(Br)c2c(c1)OCCO2. The molecule has 1 aliphatic rings. The van der Waals surface area contributed by atoms with E-state index < -0.39 is 11.5 Å². The van der Waals surface area contributed by atoms with E-state index in [1.54, 1.807) is 19.1 Å². The minimum atomic E-state index is -0.954. The third kappa shape index (κ3) is 3.96. The van der Waals surface area contributed by atoms with Crippen LogP contribution in [0.1, 0.15) is 37.6 Å². The van der Waals surface area contributed by atoms with Crippen LogP contribution in [-0.4, -0.2) is 35.7 Å². The Labute approximate surface area is 143 Å². The van der Waals surface area contributed by atoms with E-state index in [0.29, 0.717) is 34.7 Å². The number of benzene rings is 1. The molecular weight excluding hydrogens is 366 g/mol. The summed E-state index contributed by atoms with van der Waals surface area (Å²) < 4.78 is 11.6. The summed E-state index contributed by atoms with van der Waals surface area (Å²) in [6, 6.07) is 3.25. The molecule has 126 valence electrons. The molecule has 1 atom stereocenters. The summed E-state index contributed by atoms with van der Waals surface area (Å²) in [5, 5.41) is 11.9. The molecule has 2 rings (SSSR count). The molecule has 0 spiro atoms. The molecule has 2 N–H and O–H groups in total. The predicted octanol–water partition coefficient (Wildman–Crippen LogP) is 2.84. The van der Waals surface area contributed by atoms with Crippen LogP contribution in [0.15, 0.2) is 16.6 Å². The molecule has 6 nitrogen and oxygen atoms in total. The van der Waals surface area contributed by atoms with Gasteiger partial charge in [0, 0.05) is 5.56 Å². The van der Waals surface area contributed by atoms with Crippen LogP contribution in [0.4, 0.5) is 0 Å². The van der Waals surface area contributed by atoms with Crippen LogP contribution in [0.25, 0.3) is 0 Å². The van der Waals surface area contributed by atoms with E-state index in [-0.39, 0.29) is 18.2 Å². The third-order valence-corrected chi connectivity index (χ3v) is 4.64. The Morgan fingerprint density at radius 2 is 2.00 bits per heavy atom. The number of hydrogen-bond acceptors (Lipinski definition) is 4. The van der Waals surface area contributed by atoms with E-state index in [1.165, 1.54) is 0 Å². The number of rotatable bonds is 5. The van der Waals surface area contributed by atoms with Gasteiger partial charge >= 0.3 is 5.97 Å². The van der Waals surface area contributed by atoms with Crippen LogP contribution in [0.2, 0.25) is 0 Å². The van der Waals surface area contributed by atoms with Gasteiger partial charge in [0.15, 0.2) is 11.5 Å². The topological polar surface area (TPSA) is 84.9 Å². The molecule has 23 heavy (non-hydrogen) atoms. The molecular formula is C16H20BrNO5. The number of carbonyl (C=O) groups is 2. The van der Waals surface area contributed by atoms with Gasteiger partial charge < -0.3 is 19.9 Å². The van der Waals surface area contributed by atoms with Gasteiger partial charge in [-0.25, -0.2) is 0 Å². The number of carboxylic acid groups (broad SMARTS) is 1. The van der Waals surface area contributed by atoms with Crippen LogP contribution in [0.3, 0.4) is 0 Å². The Bertz CT molecular complexity index is 631. The molecule has 0 aliphatic carbocycles. The van der Waals surface area contributed by atoms with Crippen molar-refractivity contribution in [1.82, 2.24) is 5.32 Å². The Hall–Kier alpha value is -1.76. The van der Waals surface area contributed by atoms with Gasteiger partial charge in [0.2, 0.25) is 0 Å². The summed E-state index contributed by atoms with van der Waals surface area (Å²) in [6.07, 6.45) is -0.151. The number of ether oxygens (including phenoxy) is 2. The standard InChI is InChI=1S/C16H20BrNO5/c1-9(2)16(3,8-13(19)20)18-15(21)10-6-11(17)14-12(7-10)22-4-5-23-14/h6-7,9H,4-5,8H2,1-3H3,(H,18,21)(H,19,20). The van der Waals surface area contributed by atoms with E-state index in [9.17, 15) is 9.59 Å². The summed E-state index contributed by atoms with van der Waals surface area (Å²) in [7, 11) is 0. The highest BCUT2D eigenvalue weighted by atomic mass is 79.9. The van der Waals surface area contributed by atoms with Crippen molar-refractivity contribution in [3.63, 3.8) is 0 Å². The summed E-state index contributed by atoms with van der Waals surface area (Å²) >= 11 is 3.37. The number of nitrogens with one attached hydrogen (secondary N) is 1. The number of aliphatic carboxylic acids is 1. The summed E-state index contributed by atoms with van der Waals surface area (Å²) in [4.78, 5) is 23.7. The fourth-order valence-corrected chi connectivity index (χ4v) is 2.84. The maximum Gasteiger partial charge on any atom is 0.305 e. The zero-order chi connectivity index (χ0) is 17.2. The van der Waals surface area contributed by atoms with Crippen LogP contribution < -0.4 is 14.8 Å². The first-order valence-corrected chi connectivity index (χ1v) is 8.15. The van der Waals surface area contributed by atoms with Crippen molar-refractivity contribution < 1.29 is 24.2 Å². The van der Waals surface area contributed by atoms with Gasteiger partial charge in [0.1, 0.15) is 13.2 Å². The fraction of sp³-hybridized carbons (Fsp3) is 0.500. The van der Waals surface area contributed by atoms with Crippen molar-refractivity contribution >= 4 is 27.8 Å². The number of halogens is 1. The second-order valence-corrected chi connectivity index (χ2v) is 6.93. The highest BCUT2D eigenvalue weighted by Crippen LogP contribution is 2.38. The molecule has 0 radical (unpaired) electrons. The highest BCUT2D eigenvalue weighted by Gasteiger charge is 2.33. The van der Waals surface area contributed by atoms with Gasteiger partial charge in [-0.2, -0.15) is 0 Å². The van der Waals surface area contributed by atoms with Crippen LogP contribution in [0, 0.1) is 5.92 Å². The van der Waals surface area contributed by atoms with Crippen LogP contribution in [0.5, 0.6) is 11.5 Å². The zero-order valence-electron chi connectivity index (χ0n) is 13.3. The van der Waals surface area contributed by atoms with Crippen molar-refractivity contribution in [2.24, 2.45) is 5.92 Å². The summed E-state index contributed by atoms with van der Waals surface area (Å²) in [5.41, 5.74) is -0.457. The van der Waals surface area contributed by atoms with Gasteiger partial charge in [-0.3, -0.25) is 9.59 Å². The minimum absolute atomic E-state index is 0.0387. The number of carbonyl (C=O) groups excluding carboxylic acids is 1. The average molecular weight is 386 g/mol. The normalized spacial score (nSPS) is 15.9. The smallest absolute Gasteiger partial charge is 0.305 e. The molecule has 1 unspecified atom stereocenters. The number of amides is 1. The lowest BCUT2D eigenvalue weighted by Gasteiger charge is -2.33. The number of hydrogen-bond donors (Lipinski definition) is 2. The molecule has 1 amide bonds. The summed E-state index contributed by atoms with van der Waals surface area (Å²) in [6.45, 7) is 6.37. The summed E-state index contributed by atoms with van der Waals surface area (Å²) in [5.74, 6) is -0.265. The first kappa shape index (κ1) is 17.6. The lowest BCUT2D eigenvalue weighted by Crippen LogP contribution is -2.51. The molecule has 0 fully saturated rings. The first-order chi connectivity index (χ1) is 10.7. The third-order valence-electron chi connectivity index (χ3n) is 4.05. The lowest BCUT2D eigenvalue weighted by molar-refractivity contribution is -0.138.